The van der Waals surface area contributed by atoms with Crippen LogP contribution in [0.4, 0.5) is 5.82 Å². The van der Waals surface area contributed by atoms with Crippen LogP contribution in [0.1, 0.15) is 38.4 Å². The highest BCUT2D eigenvalue weighted by Gasteiger charge is 2.41. The van der Waals surface area contributed by atoms with E-state index in [1.54, 1.807) is 13.0 Å². The summed E-state index contributed by atoms with van der Waals surface area (Å²) >= 11 is 1.27. The van der Waals surface area contributed by atoms with E-state index in [9.17, 15) is 14.7 Å². The van der Waals surface area contributed by atoms with Gasteiger partial charge in [-0.3, -0.25) is 9.59 Å². The number of nitrogens with one attached hydrogen (secondary N) is 1. The third kappa shape index (κ3) is 4.51. The molecule has 1 saturated heterocycles. The lowest BCUT2D eigenvalue weighted by atomic mass is 9.91. The lowest BCUT2D eigenvalue weighted by molar-refractivity contribution is -0.134. The van der Waals surface area contributed by atoms with E-state index in [0.717, 1.165) is 25.7 Å². The SMILES string of the molecule is CCCC1(CO)CCCN1C(=O)CSCC(=O)Nc1cc(C)on1. The minimum Gasteiger partial charge on any atom is -0.394 e. The van der Waals surface area contributed by atoms with Crippen LogP contribution in [0.3, 0.4) is 0 Å². The van der Waals surface area contributed by atoms with Crippen molar-refractivity contribution in [3.05, 3.63) is 11.8 Å². The summed E-state index contributed by atoms with van der Waals surface area (Å²) in [4.78, 5) is 26.1. The van der Waals surface area contributed by atoms with Crippen LogP contribution >= 0.6 is 11.8 Å². The van der Waals surface area contributed by atoms with Gasteiger partial charge in [0.2, 0.25) is 11.8 Å². The summed E-state index contributed by atoms with van der Waals surface area (Å²) in [6.45, 7) is 4.49. The van der Waals surface area contributed by atoms with Gasteiger partial charge < -0.3 is 19.8 Å². The minimum absolute atomic E-state index is 0.00322. The summed E-state index contributed by atoms with van der Waals surface area (Å²) in [6, 6.07) is 1.64. The maximum Gasteiger partial charge on any atom is 0.235 e. The number of rotatable bonds is 8. The van der Waals surface area contributed by atoms with Crippen molar-refractivity contribution >= 4 is 29.4 Å². The van der Waals surface area contributed by atoms with E-state index in [2.05, 4.69) is 17.4 Å². The van der Waals surface area contributed by atoms with Crippen molar-refractivity contribution in [3.63, 3.8) is 0 Å². The summed E-state index contributed by atoms with van der Waals surface area (Å²) < 4.78 is 4.88. The Morgan fingerprint density at radius 2 is 2.29 bits per heavy atom. The third-order valence-electron chi connectivity index (χ3n) is 4.26. The molecular weight excluding hydrogens is 330 g/mol. The summed E-state index contributed by atoms with van der Waals surface area (Å²) in [5.41, 5.74) is -0.410. The van der Waals surface area contributed by atoms with E-state index in [1.807, 2.05) is 4.90 Å². The van der Waals surface area contributed by atoms with Crippen molar-refractivity contribution in [1.82, 2.24) is 10.1 Å². The second-order valence-electron chi connectivity index (χ2n) is 6.15. The molecule has 1 aliphatic heterocycles. The molecule has 1 aromatic rings. The molecule has 2 N–H and O–H groups in total. The lowest BCUT2D eigenvalue weighted by Crippen LogP contribution is -2.50. The van der Waals surface area contributed by atoms with E-state index >= 15 is 0 Å². The van der Waals surface area contributed by atoms with Crippen LogP contribution in [0.2, 0.25) is 0 Å². The Hall–Kier alpha value is -1.54. The predicted octanol–water partition coefficient (Wildman–Crippen LogP) is 1.81. The van der Waals surface area contributed by atoms with Crippen molar-refractivity contribution in [3.8, 4) is 0 Å². The van der Waals surface area contributed by atoms with Crippen molar-refractivity contribution in [2.24, 2.45) is 0 Å². The number of aliphatic hydroxyl groups is 1. The van der Waals surface area contributed by atoms with Crippen LogP contribution in [0.15, 0.2) is 10.6 Å². The van der Waals surface area contributed by atoms with Crippen LogP contribution in [0.5, 0.6) is 0 Å². The number of hydrogen-bond donors (Lipinski definition) is 2. The fraction of sp³-hybridized carbons (Fsp3) is 0.688. The number of hydrogen-bond acceptors (Lipinski definition) is 6. The molecule has 1 fully saturated rings. The number of aryl methyl sites for hydroxylation is 1. The Morgan fingerprint density at radius 3 is 2.92 bits per heavy atom. The Balaban J connectivity index is 1.79. The predicted molar refractivity (Wildman–Crippen MR) is 92.9 cm³/mol. The summed E-state index contributed by atoms with van der Waals surface area (Å²) in [7, 11) is 0. The molecule has 1 unspecified atom stereocenters. The molecule has 2 amide bonds. The van der Waals surface area contributed by atoms with Gasteiger partial charge in [-0.1, -0.05) is 18.5 Å². The zero-order valence-corrected chi connectivity index (χ0v) is 15.0. The molecule has 1 atom stereocenters. The van der Waals surface area contributed by atoms with Crippen LogP contribution in [0, 0.1) is 6.92 Å². The number of aromatic nitrogens is 1. The van der Waals surface area contributed by atoms with Gasteiger partial charge in [-0.15, -0.1) is 11.8 Å². The van der Waals surface area contributed by atoms with Crippen LogP contribution in [0.25, 0.3) is 0 Å². The van der Waals surface area contributed by atoms with Gasteiger partial charge >= 0.3 is 0 Å². The Morgan fingerprint density at radius 1 is 1.50 bits per heavy atom. The highest BCUT2D eigenvalue weighted by molar-refractivity contribution is 8.00. The first-order chi connectivity index (χ1) is 11.5. The molecule has 24 heavy (non-hydrogen) atoms. The molecule has 1 aromatic heterocycles. The number of anilines is 1. The molecule has 0 radical (unpaired) electrons. The second kappa shape index (κ2) is 8.53. The Kier molecular flexibility index (Phi) is 6.68. The van der Waals surface area contributed by atoms with Crippen molar-refractivity contribution in [2.45, 2.75) is 45.1 Å². The van der Waals surface area contributed by atoms with Gasteiger partial charge in [-0.05, 0) is 26.2 Å². The van der Waals surface area contributed by atoms with Crippen LogP contribution in [-0.2, 0) is 9.59 Å². The molecule has 2 heterocycles. The first kappa shape index (κ1) is 18.8. The first-order valence-corrected chi connectivity index (χ1v) is 9.38. The van der Waals surface area contributed by atoms with Gasteiger partial charge in [0.1, 0.15) is 5.76 Å². The Labute approximate surface area is 146 Å². The number of amides is 2. The minimum atomic E-state index is -0.410. The van der Waals surface area contributed by atoms with E-state index in [0.29, 0.717) is 18.1 Å². The number of aliphatic hydroxyl groups excluding tert-OH is 1. The topological polar surface area (TPSA) is 95.7 Å². The van der Waals surface area contributed by atoms with Gasteiger partial charge in [-0.2, -0.15) is 0 Å². The summed E-state index contributed by atoms with van der Waals surface area (Å²) in [5, 5.41) is 16.1. The third-order valence-corrected chi connectivity index (χ3v) is 5.18. The standard InChI is InChI=1S/C16H25N3O4S/c1-3-5-16(11-20)6-4-7-19(16)15(22)10-24-9-14(21)17-13-8-12(2)23-18-13/h8,20H,3-7,9-11H2,1-2H3,(H,17,18,21). The van der Waals surface area contributed by atoms with Crippen LogP contribution < -0.4 is 5.32 Å². The number of carbonyl (C=O) groups is 2. The molecule has 0 aromatic carbocycles. The van der Waals surface area contributed by atoms with Crippen LogP contribution in [-0.4, -0.2) is 57.2 Å². The zero-order chi connectivity index (χ0) is 17.6. The molecule has 8 heteroatoms. The molecular formula is C16H25N3O4S. The highest BCUT2D eigenvalue weighted by atomic mass is 32.2. The van der Waals surface area contributed by atoms with Gasteiger partial charge in [0, 0.05) is 12.6 Å². The smallest absolute Gasteiger partial charge is 0.235 e. The Bertz CT molecular complexity index is 577. The fourth-order valence-electron chi connectivity index (χ4n) is 3.21. The molecule has 7 nitrogen and oxygen atoms in total. The van der Waals surface area contributed by atoms with Gasteiger partial charge in [-0.25, -0.2) is 0 Å². The normalized spacial score (nSPS) is 20.4. The monoisotopic (exact) mass is 355 g/mol. The molecule has 0 saturated carbocycles. The largest absolute Gasteiger partial charge is 0.394 e. The number of nitrogens with zero attached hydrogens (tertiary/aromatic N) is 2. The van der Waals surface area contributed by atoms with E-state index in [1.165, 1.54) is 11.8 Å². The molecule has 134 valence electrons. The fourth-order valence-corrected chi connectivity index (χ4v) is 3.90. The van der Waals surface area contributed by atoms with Crippen molar-refractivity contribution in [1.29, 1.82) is 0 Å². The molecule has 0 spiro atoms. The number of carbonyl (C=O) groups excluding carboxylic acids is 2. The van der Waals surface area contributed by atoms with E-state index in [-0.39, 0.29) is 29.9 Å². The maximum atomic E-state index is 12.5. The first-order valence-electron chi connectivity index (χ1n) is 8.23. The average molecular weight is 355 g/mol. The molecule has 0 bridgehead atoms. The molecule has 1 aliphatic rings. The quantitative estimate of drug-likeness (QED) is 0.738. The summed E-state index contributed by atoms with van der Waals surface area (Å²) in [6.07, 6.45) is 3.51. The van der Waals surface area contributed by atoms with Gasteiger partial charge in [0.25, 0.3) is 0 Å². The zero-order valence-electron chi connectivity index (χ0n) is 14.2. The second-order valence-corrected chi connectivity index (χ2v) is 7.13. The summed E-state index contributed by atoms with van der Waals surface area (Å²) in [5.74, 6) is 1.18. The van der Waals surface area contributed by atoms with Crippen molar-refractivity contribution in [2.75, 3.05) is 30.0 Å². The van der Waals surface area contributed by atoms with Crippen molar-refractivity contribution < 1.29 is 19.2 Å². The molecule has 0 aliphatic carbocycles. The van der Waals surface area contributed by atoms with Gasteiger partial charge in [0.05, 0.1) is 23.7 Å². The molecule has 2 rings (SSSR count). The lowest BCUT2D eigenvalue weighted by Gasteiger charge is -2.37. The maximum absolute atomic E-state index is 12.5. The van der Waals surface area contributed by atoms with Gasteiger partial charge in [0.15, 0.2) is 5.82 Å². The van der Waals surface area contributed by atoms with E-state index in [4.69, 9.17) is 4.52 Å². The average Bonchev–Trinajstić information content (AvgIpc) is 3.14. The highest BCUT2D eigenvalue weighted by Crippen LogP contribution is 2.33. The number of thioether (sulfide) groups is 1. The van der Waals surface area contributed by atoms with E-state index < -0.39 is 5.54 Å². The number of likely N-dealkylation sites (tertiary alicyclic amines) is 1.